The summed E-state index contributed by atoms with van der Waals surface area (Å²) in [6.45, 7) is 0.833. The molecule has 4 N–H and O–H groups in total. The Labute approximate surface area is 50.9 Å². The molecule has 0 aliphatic carbocycles. The lowest BCUT2D eigenvalue weighted by Gasteiger charge is -1.59. The molecule has 0 aromatic heterocycles. The van der Waals surface area contributed by atoms with Crippen molar-refractivity contribution in [1.29, 1.82) is 0 Å². The van der Waals surface area contributed by atoms with E-state index in [0.29, 0.717) is 0 Å². The Morgan fingerprint density at radius 3 is 1.44 bits per heavy atom. The molecule has 0 aliphatic rings. The number of carboxylic acid groups (broad SMARTS) is 2. The Morgan fingerprint density at radius 1 is 1.44 bits per heavy atom. The molecule has 6 nitrogen and oxygen atoms in total. The minimum Gasteiger partial charge on any atom is -0.483 e. The minimum absolute atomic E-state index is 0.250. The van der Waals surface area contributed by atoms with Crippen LogP contribution in [0.2, 0.25) is 0 Å². The average molecular weight is 140 g/mol. The summed E-state index contributed by atoms with van der Waals surface area (Å²) in [4.78, 5) is 17.4. The van der Waals surface area contributed by atoms with Crippen molar-refractivity contribution in [3.63, 3.8) is 0 Å². The lowest BCUT2D eigenvalue weighted by atomic mass is 10.9. The van der Waals surface area contributed by atoms with E-state index in [9.17, 15) is 0 Å². The van der Waals surface area contributed by atoms with E-state index < -0.39 is 5.97 Å². The van der Waals surface area contributed by atoms with Crippen LogP contribution in [0.25, 0.3) is 0 Å². The standard InChI is InChI=1S/C2H4O2.CH2O2.H2O2/c1-2(3)4;2-1-3;1-2/h1H3,(H,3,4);1H,(H,2,3);1-2H. The van der Waals surface area contributed by atoms with Crippen molar-refractivity contribution in [3.05, 3.63) is 0 Å². The number of aliphatic carboxylic acids is 1. The molecule has 0 unspecified atom stereocenters. The number of hydrogen-bond donors (Lipinski definition) is 4. The van der Waals surface area contributed by atoms with Crippen LogP contribution in [0.1, 0.15) is 6.92 Å². The predicted octanol–water partition coefficient (Wildman–Crippen LogP) is -0.191. The fraction of sp³-hybridized carbons (Fsp3) is 0.333. The highest BCUT2D eigenvalue weighted by Crippen LogP contribution is 1.42. The average Bonchev–Trinajstić information content (AvgIpc) is 1.71. The number of hydrogen-bond acceptors (Lipinski definition) is 4. The number of carboxylic acids is 1. The van der Waals surface area contributed by atoms with Gasteiger partial charge in [0.1, 0.15) is 0 Å². The van der Waals surface area contributed by atoms with Gasteiger partial charge in [-0.1, -0.05) is 0 Å². The number of carbonyl (C=O) groups is 2. The van der Waals surface area contributed by atoms with Gasteiger partial charge in [-0.3, -0.25) is 20.1 Å². The maximum Gasteiger partial charge on any atom is 0.300 e. The van der Waals surface area contributed by atoms with Crippen LogP contribution >= 0.6 is 0 Å². The van der Waals surface area contributed by atoms with E-state index in [1.54, 1.807) is 0 Å². The summed E-state index contributed by atoms with van der Waals surface area (Å²) < 4.78 is 0. The van der Waals surface area contributed by atoms with Gasteiger partial charge in [0.15, 0.2) is 0 Å². The van der Waals surface area contributed by atoms with Crippen LogP contribution in [0.4, 0.5) is 0 Å². The second kappa shape index (κ2) is 28.8. The van der Waals surface area contributed by atoms with Crippen LogP contribution in [0.5, 0.6) is 0 Å². The second-order valence-electron chi connectivity index (χ2n) is 0.624. The lowest BCUT2D eigenvalue weighted by Crippen LogP contribution is -1.78. The van der Waals surface area contributed by atoms with Gasteiger partial charge in [0, 0.05) is 6.92 Å². The van der Waals surface area contributed by atoms with Crippen molar-refractivity contribution in [2.45, 2.75) is 6.92 Å². The molecule has 0 bridgehead atoms. The van der Waals surface area contributed by atoms with Gasteiger partial charge in [0.25, 0.3) is 12.4 Å². The fourth-order valence-corrected chi connectivity index (χ4v) is 0. The zero-order chi connectivity index (χ0) is 8.28. The summed E-state index contributed by atoms with van der Waals surface area (Å²) in [5, 5.41) is 26.3. The quantitative estimate of drug-likeness (QED) is 0.210. The monoisotopic (exact) mass is 140 g/mol. The zero-order valence-corrected chi connectivity index (χ0v) is 4.68. The van der Waals surface area contributed by atoms with Gasteiger partial charge in [-0.15, -0.1) is 0 Å². The summed E-state index contributed by atoms with van der Waals surface area (Å²) in [5.41, 5.74) is 0. The first-order valence-corrected chi connectivity index (χ1v) is 1.62. The van der Waals surface area contributed by atoms with Crippen LogP contribution < -0.4 is 0 Å². The summed E-state index contributed by atoms with van der Waals surface area (Å²) in [6, 6.07) is 0. The molecule has 0 atom stereocenters. The summed E-state index contributed by atoms with van der Waals surface area (Å²) in [7, 11) is 0. The number of rotatable bonds is 0. The molecule has 0 heterocycles. The molecule has 0 amide bonds. The Hall–Kier alpha value is -1.14. The van der Waals surface area contributed by atoms with Crippen LogP contribution in [-0.2, 0) is 9.59 Å². The third kappa shape index (κ3) is 125. The van der Waals surface area contributed by atoms with Crippen LogP contribution in [0.3, 0.4) is 0 Å². The van der Waals surface area contributed by atoms with E-state index in [1.165, 1.54) is 0 Å². The van der Waals surface area contributed by atoms with Gasteiger partial charge in [-0.25, -0.2) is 0 Å². The third-order valence-electron chi connectivity index (χ3n) is 0. The molecule has 0 saturated carbocycles. The highest BCUT2D eigenvalue weighted by atomic mass is 17.0. The first kappa shape index (κ1) is 15.7. The van der Waals surface area contributed by atoms with E-state index in [2.05, 4.69) is 0 Å². The van der Waals surface area contributed by atoms with Crippen molar-refractivity contribution in [1.82, 2.24) is 0 Å². The van der Waals surface area contributed by atoms with Gasteiger partial charge in [-0.2, -0.15) is 0 Å². The Morgan fingerprint density at radius 2 is 1.44 bits per heavy atom. The first-order chi connectivity index (χ1) is 4.15. The fourth-order valence-electron chi connectivity index (χ4n) is 0. The van der Waals surface area contributed by atoms with Crippen LogP contribution in [0, 0.1) is 0 Å². The van der Waals surface area contributed by atoms with Gasteiger partial charge < -0.3 is 10.2 Å². The largest absolute Gasteiger partial charge is 0.483 e. The molecule has 0 aliphatic heterocycles. The van der Waals surface area contributed by atoms with Gasteiger partial charge in [-0.05, 0) is 0 Å². The highest BCUT2D eigenvalue weighted by Gasteiger charge is 1.65. The molecule has 0 fully saturated rings. The molecule has 0 spiro atoms. The summed E-state index contributed by atoms with van der Waals surface area (Å²) in [5.74, 6) is -0.833. The van der Waals surface area contributed by atoms with Gasteiger partial charge >= 0.3 is 0 Å². The molecule has 0 aromatic rings. The Bertz CT molecular complexity index is 55.3. The highest BCUT2D eigenvalue weighted by molar-refractivity contribution is 5.62. The molecular weight excluding hydrogens is 132 g/mol. The van der Waals surface area contributed by atoms with E-state index >= 15 is 0 Å². The SMILES string of the molecule is CC(=O)O.O=CO.OO. The third-order valence-corrected chi connectivity index (χ3v) is 0. The van der Waals surface area contributed by atoms with E-state index in [1.807, 2.05) is 0 Å². The Balaban J connectivity index is -0.0000000646. The summed E-state index contributed by atoms with van der Waals surface area (Å²) in [6.07, 6.45) is 0. The molecule has 6 heteroatoms. The predicted molar refractivity (Wildman–Crippen MR) is 27.3 cm³/mol. The van der Waals surface area contributed by atoms with Crippen LogP contribution in [-0.4, -0.2) is 33.2 Å². The Kier molecular flexibility index (Phi) is 50.1. The van der Waals surface area contributed by atoms with Crippen molar-refractivity contribution in [3.8, 4) is 0 Å². The van der Waals surface area contributed by atoms with Gasteiger partial charge in [0.05, 0.1) is 0 Å². The van der Waals surface area contributed by atoms with Crippen molar-refractivity contribution in [2.24, 2.45) is 0 Å². The van der Waals surface area contributed by atoms with Crippen molar-refractivity contribution < 1.29 is 30.3 Å². The molecule has 0 aromatic carbocycles. The summed E-state index contributed by atoms with van der Waals surface area (Å²) >= 11 is 0. The van der Waals surface area contributed by atoms with Crippen molar-refractivity contribution >= 4 is 12.4 Å². The first-order valence-electron chi connectivity index (χ1n) is 1.62. The molecule has 56 valence electrons. The maximum atomic E-state index is 9.00. The lowest BCUT2D eigenvalue weighted by molar-refractivity contribution is -0.176. The second-order valence-corrected chi connectivity index (χ2v) is 0.624. The minimum atomic E-state index is -0.833. The normalized spacial score (nSPS) is 4.78. The van der Waals surface area contributed by atoms with Crippen LogP contribution in [0.15, 0.2) is 0 Å². The van der Waals surface area contributed by atoms with Gasteiger partial charge in [0.2, 0.25) is 0 Å². The molecule has 0 saturated heterocycles. The van der Waals surface area contributed by atoms with Crippen molar-refractivity contribution in [2.75, 3.05) is 0 Å². The molecule has 9 heavy (non-hydrogen) atoms. The molecule has 0 radical (unpaired) electrons. The smallest absolute Gasteiger partial charge is 0.300 e. The maximum absolute atomic E-state index is 9.00. The van der Waals surface area contributed by atoms with E-state index in [4.69, 9.17) is 30.3 Å². The van der Waals surface area contributed by atoms with E-state index in [0.717, 1.165) is 6.92 Å². The topological polar surface area (TPSA) is 115 Å². The molecule has 0 rings (SSSR count). The molecular formula is C3H8O6. The van der Waals surface area contributed by atoms with E-state index in [-0.39, 0.29) is 6.47 Å². The zero-order valence-electron chi connectivity index (χ0n) is 4.68.